The van der Waals surface area contributed by atoms with E-state index in [0.717, 1.165) is 19.3 Å². The Kier molecular flexibility index (Phi) is 4.36. The van der Waals surface area contributed by atoms with Gasteiger partial charge >= 0.3 is 5.97 Å². The highest BCUT2D eigenvalue weighted by atomic mass is 16.4. The summed E-state index contributed by atoms with van der Waals surface area (Å²) in [6, 6.07) is 0. The van der Waals surface area contributed by atoms with E-state index in [9.17, 15) is 9.90 Å². The number of aliphatic carboxylic acids is 1. The minimum Gasteiger partial charge on any atom is -0.481 e. The first-order chi connectivity index (χ1) is 7.35. The lowest BCUT2D eigenvalue weighted by Gasteiger charge is -2.44. The van der Waals surface area contributed by atoms with E-state index in [-0.39, 0.29) is 12.3 Å². The van der Waals surface area contributed by atoms with Crippen molar-refractivity contribution in [1.82, 2.24) is 0 Å². The zero-order valence-electron chi connectivity index (χ0n) is 10.6. The molecule has 1 rings (SSSR count). The Morgan fingerprint density at radius 3 is 2.56 bits per heavy atom. The van der Waals surface area contributed by atoms with Crippen LogP contribution in [0.3, 0.4) is 0 Å². The molecule has 0 spiro atoms. The van der Waals surface area contributed by atoms with Crippen LogP contribution in [0.15, 0.2) is 0 Å². The molecule has 0 bridgehead atoms. The maximum atomic E-state index is 10.7. The number of carboxylic acids is 1. The second-order valence-electron chi connectivity index (χ2n) is 5.73. The van der Waals surface area contributed by atoms with Gasteiger partial charge in [0.05, 0.1) is 5.60 Å². The molecule has 2 N–H and O–H groups in total. The van der Waals surface area contributed by atoms with Crippen molar-refractivity contribution < 1.29 is 15.0 Å². The van der Waals surface area contributed by atoms with Gasteiger partial charge in [-0.25, -0.2) is 0 Å². The molecule has 1 fully saturated rings. The van der Waals surface area contributed by atoms with E-state index >= 15 is 0 Å². The standard InChI is InChI=1S/C13H24O3/c1-9(2)11-5-4-10(3)8-13(11,16)7-6-12(14)15/h9-11,16H,4-8H2,1-3H3,(H,14,15). The molecule has 0 aliphatic heterocycles. The molecule has 0 radical (unpaired) electrons. The van der Waals surface area contributed by atoms with Crippen LogP contribution in [0.4, 0.5) is 0 Å². The van der Waals surface area contributed by atoms with Gasteiger partial charge in [0.25, 0.3) is 0 Å². The van der Waals surface area contributed by atoms with Crippen LogP contribution in [0.1, 0.15) is 52.9 Å². The zero-order valence-corrected chi connectivity index (χ0v) is 10.6. The Balaban J connectivity index is 2.71. The fourth-order valence-corrected chi connectivity index (χ4v) is 3.15. The highest BCUT2D eigenvalue weighted by Gasteiger charge is 2.42. The summed E-state index contributed by atoms with van der Waals surface area (Å²) in [4.78, 5) is 10.6. The van der Waals surface area contributed by atoms with E-state index < -0.39 is 11.6 Å². The second kappa shape index (κ2) is 5.17. The molecule has 1 aliphatic rings. The van der Waals surface area contributed by atoms with E-state index in [2.05, 4.69) is 20.8 Å². The van der Waals surface area contributed by atoms with Crippen molar-refractivity contribution in [2.24, 2.45) is 17.8 Å². The summed E-state index contributed by atoms with van der Waals surface area (Å²) in [7, 11) is 0. The Labute approximate surface area is 97.9 Å². The van der Waals surface area contributed by atoms with Gasteiger partial charge in [-0.05, 0) is 37.0 Å². The van der Waals surface area contributed by atoms with Gasteiger partial charge in [-0.3, -0.25) is 4.79 Å². The number of aliphatic hydroxyl groups is 1. The van der Waals surface area contributed by atoms with Crippen molar-refractivity contribution >= 4 is 5.97 Å². The SMILES string of the molecule is CC1CCC(C(C)C)C(O)(CCC(=O)O)C1. The Morgan fingerprint density at radius 1 is 1.44 bits per heavy atom. The van der Waals surface area contributed by atoms with Crippen molar-refractivity contribution in [1.29, 1.82) is 0 Å². The van der Waals surface area contributed by atoms with Crippen LogP contribution < -0.4 is 0 Å². The molecule has 94 valence electrons. The topological polar surface area (TPSA) is 57.5 Å². The lowest BCUT2D eigenvalue weighted by Crippen LogP contribution is -2.45. The monoisotopic (exact) mass is 228 g/mol. The largest absolute Gasteiger partial charge is 0.481 e. The molecular weight excluding hydrogens is 204 g/mol. The minimum atomic E-state index is -0.811. The predicted octanol–water partition coefficient (Wildman–Crippen LogP) is 2.67. The average molecular weight is 228 g/mol. The molecule has 3 unspecified atom stereocenters. The highest BCUT2D eigenvalue weighted by Crippen LogP contribution is 2.43. The molecule has 0 amide bonds. The Bertz CT molecular complexity index is 250. The first-order valence-corrected chi connectivity index (χ1v) is 6.29. The number of hydrogen-bond donors (Lipinski definition) is 2. The van der Waals surface area contributed by atoms with Gasteiger partial charge in [0, 0.05) is 6.42 Å². The van der Waals surface area contributed by atoms with Crippen LogP contribution in [-0.4, -0.2) is 21.8 Å². The number of carbonyl (C=O) groups is 1. The first kappa shape index (κ1) is 13.5. The van der Waals surface area contributed by atoms with Crippen LogP contribution in [0.25, 0.3) is 0 Å². The summed E-state index contributed by atoms with van der Waals surface area (Å²) >= 11 is 0. The van der Waals surface area contributed by atoms with E-state index in [1.807, 2.05) is 0 Å². The first-order valence-electron chi connectivity index (χ1n) is 6.29. The number of hydrogen-bond acceptors (Lipinski definition) is 2. The summed E-state index contributed by atoms with van der Waals surface area (Å²) in [6.07, 6.45) is 3.40. The van der Waals surface area contributed by atoms with Gasteiger partial charge in [-0.2, -0.15) is 0 Å². The van der Waals surface area contributed by atoms with Gasteiger partial charge in [-0.1, -0.05) is 27.2 Å². The third kappa shape index (κ3) is 3.21. The molecule has 1 aliphatic carbocycles. The van der Waals surface area contributed by atoms with Gasteiger partial charge in [-0.15, -0.1) is 0 Å². The molecule has 1 saturated carbocycles. The van der Waals surface area contributed by atoms with Crippen molar-refractivity contribution in [2.45, 2.75) is 58.5 Å². The zero-order chi connectivity index (χ0) is 12.3. The second-order valence-corrected chi connectivity index (χ2v) is 5.73. The van der Waals surface area contributed by atoms with Crippen LogP contribution in [-0.2, 0) is 4.79 Å². The maximum absolute atomic E-state index is 10.7. The van der Waals surface area contributed by atoms with E-state index in [0.29, 0.717) is 18.3 Å². The van der Waals surface area contributed by atoms with Crippen LogP contribution >= 0.6 is 0 Å². The van der Waals surface area contributed by atoms with E-state index in [4.69, 9.17) is 5.11 Å². The van der Waals surface area contributed by atoms with Gasteiger partial charge in [0.1, 0.15) is 0 Å². The summed E-state index contributed by atoms with van der Waals surface area (Å²) in [6.45, 7) is 6.38. The molecule has 3 atom stereocenters. The molecule has 3 nitrogen and oxygen atoms in total. The van der Waals surface area contributed by atoms with E-state index in [1.54, 1.807) is 0 Å². The molecule has 16 heavy (non-hydrogen) atoms. The van der Waals surface area contributed by atoms with Crippen LogP contribution in [0, 0.1) is 17.8 Å². The summed E-state index contributed by atoms with van der Waals surface area (Å²) < 4.78 is 0. The van der Waals surface area contributed by atoms with E-state index in [1.165, 1.54) is 0 Å². The molecule has 3 heteroatoms. The third-order valence-electron chi connectivity index (χ3n) is 3.94. The normalized spacial score (nSPS) is 35.3. The lowest BCUT2D eigenvalue weighted by atomic mass is 9.65. The molecule has 0 aromatic heterocycles. The Morgan fingerprint density at radius 2 is 2.06 bits per heavy atom. The third-order valence-corrected chi connectivity index (χ3v) is 3.94. The molecule has 0 aromatic carbocycles. The molecular formula is C13H24O3. The molecule has 0 saturated heterocycles. The number of rotatable bonds is 4. The fraction of sp³-hybridized carbons (Fsp3) is 0.923. The van der Waals surface area contributed by atoms with Gasteiger partial charge in [0.2, 0.25) is 0 Å². The van der Waals surface area contributed by atoms with Crippen molar-refractivity contribution in [3.63, 3.8) is 0 Å². The highest BCUT2D eigenvalue weighted by molar-refractivity contribution is 5.66. The van der Waals surface area contributed by atoms with Crippen molar-refractivity contribution in [3.05, 3.63) is 0 Å². The number of carboxylic acid groups (broad SMARTS) is 1. The van der Waals surface area contributed by atoms with Crippen molar-refractivity contribution in [3.8, 4) is 0 Å². The quantitative estimate of drug-likeness (QED) is 0.777. The Hall–Kier alpha value is -0.570. The minimum absolute atomic E-state index is 0.0758. The fourth-order valence-electron chi connectivity index (χ4n) is 3.15. The van der Waals surface area contributed by atoms with Gasteiger partial charge < -0.3 is 10.2 Å². The van der Waals surface area contributed by atoms with Crippen molar-refractivity contribution in [2.75, 3.05) is 0 Å². The lowest BCUT2D eigenvalue weighted by molar-refractivity contribution is -0.141. The van der Waals surface area contributed by atoms with Gasteiger partial charge in [0.15, 0.2) is 0 Å². The summed E-state index contributed by atoms with van der Waals surface area (Å²) in [5.41, 5.74) is -0.760. The van der Waals surface area contributed by atoms with Crippen LogP contribution in [0.2, 0.25) is 0 Å². The average Bonchev–Trinajstić information content (AvgIpc) is 2.14. The smallest absolute Gasteiger partial charge is 0.303 e. The maximum Gasteiger partial charge on any atom is 0.303 e. The predicted molar refractivity (Wildman–Crippen MR) is 63.2 cm³/mol. The van der Waals surface area contributed by atoms with Crippen LogP contribution in [0.5, 0.6) is 0 Å². The molecule has 0 heterocycles. The molecule has 0 aromatic rings. The summed E-state index contributed by atoms with van der Waals surface area (Å²) in [5, 5.41) is 19.4. The summed E-state index contributed by atoms with van der Waals surface area (Å²) in [5.74, 6) is 0.372.